The first-order valence-corrected chi connectivity index (χ1v) is 9.71. The summed E-state index contributed by atoms with van der Waals surface area (Å²) in [7, 11) is 0. The van der Waals surface area contributed by atoms with Crippen molar-refractivity contribution in [3.63, 3.8) is 0 Å². The second-order valence-corrected chi connectivity index (χ2v) is 7.17. The van der Waals surface area contributed by atoms with Crippen molar-refractivity contribution in [2.75, 3.05) is 31.2 Å². The van der Waals surface area contributed by atoms with Crippen LogP contribution in [-0.2, 0) is 14.3 Å². The average molecular weight is 377 g/mol. The van der Waals surface area contributed by atoms with Crippen LogP contribution in [0.25, 0.3) is 10.2 Å². The van der Waals surface area contributed by atoms with Crippen molar-refractivity contribution >= 4 is 39.3 Å². The predicted octanol–water partition coefficient (Wildman–Crippen LogP) is 2.96. The quantitative estimate of drug-likeness (QED) is 0.741. The molecule has 0 saturated carbocycles. The molecule has 3 rings (SSSR count). The highest BCUT2D eigenvalue weighted by Crippen LogP contribution is 2.36. The summed E-state index contributed by atoms with van der Waals surface area (Å²) in [5.41, 5.74) is 0.853. The van der Waals surface area contributed by atoms with Crippen LogP contribution in [0.2, 0.25) is 0 Å². The Morgan fingerprint density at radius 2 is 1.88 bits per heavy atom. The van der Waals surface area contributed by atoms with Crippen LogP contribution < -0.4 is 4.90 Å². The molecule has 0 N–H and O–H groups in total. The summed E-state index contributed by atoms with van der Waals surface area (Å²) >= 11 is 1.34. The first-order chi connectivity index (χ1) is 12.6. The van der Waals surface area contributed by atoms with E-state index in [0.29, 0.717) is 18.1 Å². The maximum atomic E-state index is 12.2. The van der Waals surface area contributed by atoms with Crippen molar-refractivity contribution in [1.82, 2.24) is 9.97 Å². The van der Waals surface area contributed by atoms with Crippen molar-refractivity contribution in [1.29, 1.82) is 0 Å². The van der Waals surface area contributed by atoms with Gasteiger partial charge in [-0.2, -0.15) is 0 Å². The smallest absolute Gasteiger partial charge is 0.348 e. The summed E-state index contributed by atoms with van der Waals surface area (Å²) in [6.07, 6.45) is 3.00. The highest BCUT2D eigenvalue weighted by Gasteiger charge is 2.29. The molecule has 2 aromatic rings. The van der Waals surface area contributed by atoms with Gasteiger partial charge >= 0.3 is 11.9 Å². The fourth-order valence-corrected chi connectivity index (χ4v) is 4.31. The number of nitrogens with zero attached hydrogens (tertiary/aromatic N) is 3. The number of aryl methyl sites for hydroxylation is 1. The highest BCUT2D eigenvalue weighted by molar-refractivity contribution is 7.20. The van der Waals surface area contributed by atoms with Gasteiger partial charge in [-0.15, -0.1) is 11.3 Å². The summed E-state index contributed by atoms with van der Waals surface area (Å²) in [4.78, 5) is 36.4. The third kappa shape index (κ3) is 3.51. The number of esters is 2. The number of rotatable bonds is 5. The minimum Gasteiger partial charge on any atom is -0.466 e. The van der Waals surface area contributed by atoms with Crippen molar-refractivity contribution in [3.05, 3.63) is 16.8 Å². The zero-order valence-electron chi connectivity index (χ0n) is 15.3. The summed E-state index contributed by atoms with van der Waals surface area (Å²) < 4.78 is 10.3. The molecule has 26 heavy (non-hydrogen) atoms. The van der Waals surface area contributed by atoms with E-state index in [1.165, 1.54) is 17.7 Å². The second kappa shape index (κ2) is 7.99. The number of fused-ring (bicyclic) bond motifs is 1. The van der Waals surface area contributed by atoms with Gasteiger partial charge in [0.2, 0.25) is 0 Å². The lowest BCUT2D eigenvalue weighted by Crippen LogP contribution is -2.37. The van der Waals surface area contributed by atoms with Crippen LogP contribution in [0.1, 0.15) is 41.9 Å². The highest BCUT2D eigenvalue weighted by atomic mass is 32.1. The van der Waals surface area contributed by atoms with Gasteiger partial charge in [0.1, 0.15) is 21.9 Å². The normalized spacial score (nSPS) is 15.3. The molecule has 7 nitrogen and oxygen atoms in total. The first-order valence-electron chi connectivity index (χ1n) is 8.89. The van der Waals surface area contributed by atoms with Crippen LogP contribution in [0, 0.1) is 12.8 Å². The Labute approximate surface area is 156 Å². The van der Waals surface area contributed by atoms with Gasteiger partial charge in [0, 0.05) is 13.1 Å². The largest absolute Gasteiger partial charge is 0.466 e. The summed E-state index contributed by atoms with van der Waals surface area (Å²) in [6, 6.07) is 0. The molecule has 1 aliphatic heterocycles. The van der Waals surface area contributed by atoms with E-state index in [1.807, 2.05) is 13.8 Å². The van der Waals surface area contributed by atoms with Gasteiger partial charge in [-0.1, -0.05) is 0 Å². The zero-order chi connectivity index (χ0) is 18.7. The number of hydrogen-bond acceptors (Lipinski definition) is 8. The molecule has 0 atom stereocenters. The summed E-state index contributed by atoms with van der Waals surface area (Å²) in [6.45, 7) is 7.72. The molecule has 1 saturated heterocycles. The molecular weight excluding hydrogens is 354 g/mol. The molecule has 2 aromatic heterocycles. The molecule has 0 spiro atoms. The van der Waals surface area contributed by atoms with Gasteiger partial charge in [0.25, 0.3) is 0 Å². The Hall–Kier alpha value is -2.22. The SMILES string of the molecule is CCOC(=O)c1sc2ncnc(N3CCC(C(=O)OCC)CC3)c2c1C. The number of anilines is 1. The van der Waals surface area contributed by atoms with E-state index >= 15 is 0 Å². The lowest BCUT2D eigenvalue weighted by molar-refractivity contribution is -0.148. The standard InChI is InChI=1S/C18H23N3O4S/c1-4-24-17(22)12-6-8-21(9-7-12)15-13-11(3)14(18(23)25-5-2)26-16(13)20-10-19-15/h10,12H,4-9H2,1-3H3. The fraction of sp³-hybridized carbons (Fsp3) is 0.556. The lowest BCUT2D eigenvalue weighted by Gasteiger charge is -2.32. The van der Waals surface area contributed by atoms with E-state index < -0.39 is 0 Å². The predicted molar refractivity (Wildman–Crippen MR) is 99.7 cm³/mol. The number of aromatic nitrogens is 2. The molecule has 0 amide bonds. The average Bonchev–Trinajstić information content (AvgIpc) is 2.99. The maximum absolute atomic E-state index is 12.2. The number of ether oxygens (including phenoxy) is 2. The van der Waals surface area contributed by atoms with E-state index in [1.54, 1.807) is 6.92 Å². The van der Waals surface area contributed by atoms with Gasteiger partial charge in [-0.25, -0.2) is 14.8 Å². The molecule has 0 bridgehead atoms. The Morgan fingerprint density at radius 3 is 2.54 bits per heavy atom. The molecule has 0 unspecified atom stereocenters. The number of piperidine rings is 1. The van der Waals surface area contributed by atoms with Crippen molar-refractivity contribution in [2.45, 2.75) is 33.6 Å². The van der Waals surface area contributed by atoms with Crippen molar-refractivity contribution < 1.29 is 19.1 Å². The number of thiophene rings is 1. The monoisotopic (exact) mass is 377 g/mol. The Kier molecular flexibility index (Phi) is 5.70. The molecule has 1 fully saturated rings. The second-order valence-electron chi connectivity index (χ2n) is 6.17. The van der Waals surface area contributed by atoms with E-state index in [4.69, 9.17) is 9.47 Å². The third-order valence-corrected chi connectivity index (χ3v) is 5.76. The number of hydrogen-bond donors (Lipinski definition) is 0. The molecule has 0 radical (unpaired) electrons. The van der Waals surface area contributed by atoms with Gasteiger partial charge in [-0.3, -0.25) is 4.79 Å². The molecule has 1 aliphatic rings. The van der Waals surface area contributed by atoms with Gasteiger partial charge in [-0.05, 0) is 39.2 Å². The minimum atomic E-state index is -0.319. The molecule has 3 heterocycles. The van der Waals surface area contributed by atoms with E-state index in [0.717, 1.165) is 47.5 Å². The van der Waals surface area contributed by atoms with E-state index in [9.17, 15) is 9.59 Å². The Bertz CT molecular complexity index is 812. The van der Waals surface area contributed by atoms with Gasteiger partial charge in [0.15, 0.2) is 0 Å². The maximum Gasteiger partial charge on any atom is 0.348 e. The molecule has 140 valence electrons. The molecular formula is C18H23N3O4S. The van der Waals surface area contributed by atoms with Crippen LogP contribution in [0.4, 0.5) is 5.82 Å². The van der Waals surface area contributed by atoms with Gasteiger partial charge < -0.3 is 14.4 Å². The Balaban J connectivity index is 1.85. The molecule has 0 aliphatic carbocycles. The first kappa shape index (κ1) is 18.6. The fourth-order valence-electron chi connectivity index (χ4n) is 3.27. The van der Waals surface area contributed by atoms with Crippen LogP contribution in [0.5, 0.6) is 0 Å². The molecule has 8 heteroatoms. The molecule has 0 aromatic carbocycles. The van der Waals surface area contributed by atoms with Crippen LogP contribution in [0.15, 0.2) is 6.33 Å². The minimum absolute atomic E-state index is 0.0535. The zero-order valence-corrected chi connectivity index (χ0v) is 16.1. The van der Waals surface area contributed by atoms with E-state index in [-0.39, 0.29) is 17.9 Å². The topological polar surface area (TPSA) is 81.6 Å². The van der Waals surface area contributed by atoms with Crippen LogP contribution >= 0.6 is 11.3 Å². The number of carbonyl (C=O) groups excluding carboxylic acids is 2. The van der Waals surface area contributed by atoms with Crippen molar-refractivity contribution in [2.24, 2.45) is 5.92 Å². The Morgan fingerprint density at radius 1 is 1.19 bits per heavy atom. The van der Waals surface area contributed by atoms with Crippen LogP contribution in [-0.4, -0.2) is 48.2 Å². The third-order valence-electron chi connectivity index (χ3n) is 4.58. The summed E-state index contributed by atoms with van der Waals surface area (Å²) in [5.74, 6) is 0.333. The van der Waals surface area contributed by atoms with E-state index in [2.05, 4.69) is 14.9 Å². The van der Waals surface area contributed by atoms with Gasteiger partial charge in [0.05, 0.1) is 24.5 Å². The summed E-state index contributed by atoms with van der Waals surface area (Å²) in [5, 5.41) is 0.898. The van der Waals surface area contributed by atoms with Crippen molar-refractivity contribution in [3.8, 4) is 0 Å². The van der Waals surface area contributed by atoms with Crippen LogP contribution in [0.3, 0.4) is 0 Å². The lowest BCUT2D eigenvalue weighted by atomic mass is 9.97. The number of carbonyl (C=O) groups is 2.